The number of rotatable bonds is 48. The summed E-state index contributed by atoms with van der Waals surface area (Å²) in [4.78, 5) is 13.1. The molecule has 0 saturated carbocycles. The van der Waals surface area contributed by atoms with Gasteiger partial charge in [-0.2, -0.15) is 0 Å². The Bertz CT molecular complexity index is 1430. The molecule has 1 rings (SSSR count). The van der Waals surface area contributed by atoms with Crippen molar-refractivity contribution >= 4 is 5.91 Å². The smallest absolute Gasteiger partial charge is 0.220 e. The molecule has 1 heterocycles. The summed E-state index contributed by atoms with van der Waals surface area (Å²) in [6.45, 7) is 3.72. The van der Waals surface area contributed by atoms with Gasteiger partial charge in [-0.05, 0) is 77.0 Å². The third kappa shape index (κ3) is 40.2. The van der Waals surface area contributed by atoms with Crippen molar-refractivity contribution in [2.75, 3.05) is 13.2 Å². The lowest BCUT2D eigenvalue weighted by Gasteiger charge is -2.40. The third-order valence-electron chi connectivity index (χ3n) is 13.2. The van der Waals surface area contributed by atoms with E-state index >= 15 is 0 Å². The van der Waals surface area contributed by atoms with Crippen LogP contribution in [0.15, 0.2) is 97.2 Å². The molecular weight excluding hydrogens is 887 g/mol. The lowest BCUT2D eigenvalue weighted by Crippen LogP contribution is -2.60. The first-order chi connectivity index (χ1) is 34.8. The summed E-state index contributed by atoms with van der Waals surface area (Å²) >= 11 is 0. The molecule has 0 spiro atoms. The van der Waals surface area contributed by atoms with E-state index in [1.54, 1.807) is 0 Å². The van der Waals surface area contributed by atoms with Gasteiger partial charge in [0.1, 0.15) is 24.4 Å². The van der Waals surface area contributed by atoms with E-state index in [4.69, 9.17) is 9.47 Å². The first kappa shape index (κ1) is 66.1. The van der Waals surface area contributed by atoms with Crippen LogP contribution in [-0.2, 0) is 14.3 Å². The number of carbonyl (C=O) groups is 1. The van der Waals surface area contributed by atoms with E-state index in [9.17, 15) is 30.3 Å². The average Bonchev–Trinajstić information content (AvgIpc) is 3.37. The molecule has 1 aliphatic rings. The normalized spacial score (nSPS) is 20.0. The van der Waals surface area contributed by atoms with Crippen molar-refractivity contribution in [2.45, 2.75) is 275 Å². The van der Waals surface area contributed by atoms with Gasteiger partial charge < -0.3 is 40.3 Å². The maximum Gasteiger partial charge on any atom is 0.220 e. The highest BCUT2D eigenvalue weighted by atomic mass is 16.7. The molecule has 0 aromatic heterocycles. The lowest BCUT2D eigenvalue weighted by atomic mass is 9.99. The molecule has 7 atom stereocenters. The van der Waals surface area contributed by atoms with Crippen LogP contribution in [0.1, 0.15) is 232 Å². The molecule has 1 fully saturated rings. The number of carbonyl (C=O) groups excluding carboxylic acids is 1. The van der Waals surface area contributed by atoms with Crippen LogP contribution in [0.5, 0.6) is 0 Å². The minimum atomic E-state index is -1.56. The van der Waals surface area contributed by atoms with Crippen molar-refractivity contribution in [3.63, 3.8) is 0 Å². The van der Waals surface area contributed by atoms with Gasteiger partial charge in [-0.1, -0.05) is 246 Å². The van der Waals surface area contributed by atoms with E-state index in [1.807, 2.05) is 0 Å². The Kier molecular flexibility index (Phi) is 47.2. The Morgan fingerprint density at radius 3 is 1.30 bits per heavy atom. The van der Waals surface area contributed by atoms with Crippen molar-refractivity contribution in [3.8, 4) is 0 Å². The molecule has 1 saturated heterocycles. The maximum atomic E-state index is 13.1. The van der Waals surface area contributed by atoms with Gasteiger partial charge in [0.15, 0.2) is 6.29 Å². The van der Waals surface area contributed by atoms with Crippen LogP contribution < -0.4 is 5.32 Å². The van der Waals surface area contributed by atoms with E-state index in [0.717, 1.165) is 116 Å². The van der Waals surface area contributed by atoms with Crippen LogP contribution in [0.3, 0.4) is 0 Å². The number of hydrogen-bond acceptors (Lipinski definition) is 8. The van der Waals surface area contributed by atoms with E-state index in [0.29, 0.717) is 12.8 Å². The lowest BCUT2D eigenvalue weighted by molar-refractivity contribution is -0.302. The van der Waals surface area contributed by atoms with Gasteiger partial charge in [0, 0.05) is 6.42 Å². The van der Waals surface area contributed by atoms with E-state index in [-0.39, 0.29) is 12.5 Å². The van der Waals surface area contributed by atoms with Crippen LogP contribution in [0, 0.1) is 0 Å². The van der Waals surface area contributed by atoms with Crippen LogP contribution in [-0.4, -0.2) is 87.5 Å². The van der Waals surface area contributed by atoms with Crippen LogP contribution in [0.2, 0.25) is 0 Å². The minimum Gasteiger partial charge on any atom is -0.394 e. The van der Waals surface area contributed by atoms with E-state index < -0.39 is 49.5 Å². The molecule has 0 aromatic rings. The molecule has 9 nitrogen and oxygen atoms in total. The molecule has 0 bridgehead atoms. The second kappa shape index (κ2) is 50.6. The number of aliphatic hydroxyl groups is 5. The SMILES string of the molecule is CC/C=C\C/C=C\C/C=C\C/C=C\C/C=C\C/C=C\C/C=C\C/C=C\CCCCCCCCC(=O)NC(COC1OC(CO)C(O)C(O)C1O)C(O)CCCCCCCCCCCCCCCCCCC. The predicted molar refractivity (Wildman–Crippen MR) is 299 cm³/mol. The summed E-state index contributed by atoms with van der Waals surface area (Å²) in [5.74, 6) is -0.162. The first-order valence-electron chi connectivity index (χ1n) is 28.9. The molecule has 9 heteroatoms. The monoisotopic (exact) mass is 994 g/mol. The molecule has 6 N–H and O–H groups in total. The Balaban J connectivity index is 2.23. The quantitative estimate of drug-likeness (QED) is 0.0261. The van der Waals surface area contributed by atoms with Crippen LogP contribution in [0.25, 0.3) is 0 Å². The fourth-order valence-electron chi connectivity index (χ4n) is 8.65. The van der Waals surface area contributed by atoms with Gasteiger partial charge in [0.2, 0.25) is 5.91 Å². The fraction of sp³-hybridized carbons (Fsp3) is 0.726. The summed E-state index contributed by atoms with van der Waals surface area (Å²) in [5.41, 5.74) is 0. The summed E-state index contributed by atoms with van der Waals surface area (Å²) in [5, 5.41) is 54.7. The van der Waals surface area contributed by atoms with Crippen molar-refractivity contribution in [1.82, 2.24) is 5.32 Å². The molecule has 0 radical (unpaired) electrons. The third-order valence-corrected chi connectivity index (χ3v) is 13.2. The summed E-state index contributed by atoms with van der Waals surface area (Å²) in [6, 6.07) is -0.734. The van der Waals surface area contributed by atoms with Crippen molar-refractivity contribution in [1.29, 1.82) is 0 Å². The van der Waals surface area contributed by atoms with E-state index in [1.165, 1.54) is 89.9 Å². The zero-order valence-electron chi connectivity index (χ0n) is 45.2. The highest BCUT2D eigenvalue weighted by molar-refractivity contribution is 5.76. The van der Waals surface area contributed by atoms with Crippen LogP contribution >= 0.6 is 0 Å². The fourth-order valence-corrected chi connectivity index (χ4v) is 8.65. The molecule has 71 heavy (non-hydrogen) atoms. The Morgan fingerprint density at radius 1 is 0.493 bits per heavy atom. The number of ether oxygens (including phenoxy) is 2. The summed E-state index contributed by atoms with van der Waals surface area (Å²) < 4.78 is 11.3. The largest absolute Gasteiger partial charge is 0.394 e. The molecular formula is C62H107NO8. The number of nitrogens with one attached hydrogen (secondary N) is 1. The van der Waals surface area contributed by atoms with Gasteiger partial charge in [0.25, 0.3) is 0 Å². The molecule has 0 aromatic carbocycles. The van der Waals surface area contributed by atoms with Crippen LogP contribution in [0.4, 0.5) is 0 Å². The zero-order valence-corrected chi connectivity index (χ0v) is 45.2. The standard InChI is InChI=1S/C62H107NO8/c1-3-5-7-9-11-13-15-17-19-21-22-23-24-25-26-27-28-29-30-31-32-33-34-36-38-40-42-44-46-48-50-52-58(66)63-55(54-70-62-61(69)60(68)59(67)57(53-64)71-62)56(65)51-49-47-45-43-41-39-37-35-20-18-16-14-12-10-8-6-4-2/h5,7,11,13,17,19,22-23,25-26,28-29,31-32,34,36,55-57,59-62,64-65,67-69H,3-4,6,8-10,12,14-16,18,20-21,24,27,30,33,35,37-54H2,1-2H3,(H,63,66)/b7-5-,13-11-,19-17-,23-22-,26-25-,29-28-,32-31-,36-34-. The summed E-state index contributed by atoms with van der Waals surface area (Å²) in [7, 11) is 0. The Hall–Kier alpha value is -2.89. The van der Waals surface area contributed by atoms with Crippen molar-refractivity contribution in [2.24, 2.45) is 0 Å². The molecule has 1 amide bonds. The zero-order chi connectivity index (χ0) is 51.5. The van der Waals surface area contributed by atoms with Crippen molar-refractivity contribution < 1.29 is 39.8 Å². The van der Waals surface area contributed by atoms with Gasteiger partial charge in [0.05, 0.1) is 25.4 Å². The Labute approximate surface area is 434 Å². The molecule has 7 unspecified atom stereocenters. The second-order valence-corrected chi connectivity index (χ2v) is 19.7. The van der Waals surface area contributed by atoms with Crippen molar-refractivity contribution in [3.05, 3.63) is 97.2 Å². The molecule has 0 aliphatic carbocycles. The van der Waals surface area contributed by atoms with Gasteiger partial charge in [-0.15, -0.1) is 0 Å². The van der Waals surface area contributed by atoms with Gasteiger partial charge >= 0.3 is 0 Å². The number of hydrogen-bond donors (Lipinski definition) is 6. The average molecular weight is 995 g/mol. The Morgan fingerprint density at radius 2 is 0.873 bits per heavy atom. The van der Waals surface area contributed by atoms with E-state index in [2.05, 4.69) is 116 Å². The number of aliphatic hydroxyl groups excluding tert-OH is 5. The first-order valence-corrected chi connectivity index (χ1v) is 28.9. The minimum absolute atomic E-state index is 0.149. The second-order valence-electron chi connectivity index (χ2n) is 19.7. The number of allylic oxidation sites excluding steroid dienone is 16. The highest BCUT2D eigenvalue weighted by Gasteiger charge is 2.44. The number of unbranched alkanes of at least 4 members (excludes halogenated alkanes) is 22. The predicted octanol–water partition coefficient (Wildman–Crippen LogP) is 14.4. The topological polar surface area (TPSA) is 149 Å². The molecule has 408 valence electrons. The molecule has 1 aliphatic heterocycles. The highest BCUT2D eigenvalue weighted by Crippen LogP contribution is 2.23. The van der Waals surface area contributed by atoms with Gasteiger partial charge in [-0.3, -0.25) is 4.79 Å². The number of amides is 1. The maximum absolute atomic E-state index is 13.1. The summed E-state index contributed by atoms with van der Waals surface area (Å²) in [6.07, 6.45) is 65.6. The van der Waals surface area contributed by atoms with Gasteiger partial charge in [-0.25, -0.2) is 0 Å².